The van der Waals surface area contributed by atoms with Gasteiger partial charge in [0.1, 0.15) is 5.75 Å². The molecule has 0 aliphatic carbocycles. The number of ether oxygens (including phenoxy) is 1. The molecule has 2 aromatic rings. The number of hydrogen-bond donors (Lipinski definition) is 3. The number of hydrogen-bond acceptors (Lipinski definition) is 5. The van der Waals surface area contributed by atoms with Crippen molar-refractivity contribution in [2.24, 2.45) is 5.10 Å². The highest BCUT2D eigenvalue weighted by atomic mass is 79.9. The zero-order chi connectivity index (χ0) is 21.4. The van der Waals surface area contributed by atoms with Gasteiger partial charge in [0.05, 0.1) is 6.21 Å². The minimum atomic E-state index is -0.919. The molecule has 0 radical (unpaired) electrons. The van der Waals surface area contributed by atoms with Crippen LogP contribution in [0, 0.1) is 6.92 Å². The second-order valence-corrected chi connectivity index (χ2v) is 7.11. The molecular formula is C19H18BrClN4O4. The van der Waals surface area contributed by atoms with E-state index < -0.39 is 11.8 Å². The molecule has 29 heavy (non-hydrogen) atoms. The molecule has 152 valence electrons. The Morgan fingerprint density at radius 1 is 1.17 bits per heavy atom. The zero-order valence-corrected chi connectivity index (χ0v) is 17.9. The van der Waals surface area contributed by atoms with Gasteiger partial charge in [-0.25, -0.2) is 5.43 Å². The Hall–Kier alpha value is -2.91. The minimum Gasteiger partial charge on any atom is -0.483 e. The highest BCUT2D eigenvalue weighted by molar-refractivity contribution is 9.10. The first-order valence-electron chi connectivity index (χ1n) is 8.33. The number of aryl methyl sites for hydroxylation is 1. The van der Waals surface area contributed by atoms with Gasteiger partial charge in [-0.1, -0.05) is 27.5 Å². The SMILES string of the molecule is CNC(=O)C(=O)N/N=C\c1cc(Cl)ccc1OCC(=O)Nc1ccc(Br)cc1C. The number of nitrogens with zero attached hydrogens (tertiary/aromatic N) is 1. The van der Waals surface area contributed by atoms with Crippen molar-refractivity contribution < 1.29 is 19.1 Å². The fourth-order valence-electron chi connectivity index (χ4n) is 2.17. The first kappa shape index (κ1) is 22.4. The predicted molar refractivity (Wildman–Crippen MR) is 114 cm³/mol. The largest absolute Gasteiger partial charge is 0.483 e. The van der Waals surface area contributed by atoms with Crippen LogP contribution >= 0.6 is 27.5 Å². The predicted octanol–water partition coefficient (Wildman–Crippen LogP) is 2.62. The van der Waals surface area contributed by atoms with Gasteiger partial charge in [0.25, 0.3) is 5.91 Å². The number of nitrogens with one attached hydrogen (secondary N) is 3. The third-order valence-electron chi connectivity index (χ3n) is 3.60. The van der Waals surface area contributed by atoms with E-state index in [2.05, 4.69) is 37.1 Å². The number of rotatable bonds is 6. The summed E-state index contributed by atoms with van der Waals surface area (Å²) < 4.78 is 6.47. The van der Waals surface area contributed by atoms with Gasteiger partial charge in [-0.15, -0.1) is 0 Å². The smallest absolute Gasteiger partial charge is 0.329 e. The maximum atomic E-state index is 12.2. The summed E-state index contributed by atoms with van der Waals surface area (Å²) in [4.78, 5) is 34.8. The molecule has 0 fully saturated rings. The normalized spacial score (nSPS) is 10.5. The summed E-state index contributed by atoms with van der Waals surface area (Å²) in [7, 11) is 1.33. The third-order valence-corrected chi connectivity index (χ3v) is 4.32. The number of carbonyl (C=O) groups excluding carboxylic acids is 3. The summed E-state index contributed by atoms with van der Waals surface area (Å²) in [5.41, 5.74) is 4.07. The summed E-state index contributed by atoms with van der Waals surface area (Å²) in [6.07, 6.45) is 1.26. The number of likely N-dealkylation sites (N-methyl/N-ethyl adjacent to an activating group) is 1. The van der Waals surface area contributed by atoms with Crippen LogP contribution in [-0.4, -0.2) is 37.6 Å². The van der Waals surface area contributed by atoms with Crippen LogP contribution in [0.3, 0.4) is 0 Å². The van der Waals surface area contributed by atoms with Crippen molar-refractivity contribution in [3.8, 4) is 5.75 Å². The Morgan fingerprint density at radius 2 is 1.93 bits per heavy atom. The lowest BCUT2D eigenvalue weighted by atomic mass is 10.2. The molecule has 0 bridgehead atoms. The van der Waals surface area contributed by atoms with Gasteiger partial charge in [0.2, 0.25) is 0 Å². The summed E-state index contributed by atoms with van der Waals surface area (Å²) in [5, 5.41) is 9.05. The summed E-state index contributed by atoms with van der Waals surface area (Å²) in [6.45, 7) is 1.63. The van der Waals surface area contributed by atoms with Crippen LogP contribution in [0.2, 0.25) is 5.02 Å². The van der Waals surface area contributed by atoms with Crippen molar-refractivity contribution >= 4 is 57.2 Å². The second kappa shape index (κ2) is 10.6. The van der Waals surface area contributed by atoms with E-state index in [0.717, 1.165) is 10.0 Å². The number of carbonyl (C=O) groups is 3. The highest BCUT2D eigenvalue weighted by Crippen LogP contribution is 2.22. The van der Waals surface area contributed by atoms with Crippen LogP contribution in [0.25, 0.3) is 0 Å². The summed E-state index contributed by atoms with van der Waals surface area (Å²) in [6, 6.07) is 10.2. The van der Waals surface area contributed by atoms with Gasteiger partial charge in [-0.3, -0.25) is 14.4 Å². The maximum absolute atomic E-state index is 12.2. The average Bonchev–Trinajstić information content (AvgIpc) is 2.68. The monoisotopic (exact) mass is 480 g/mol. The third kappa shape index (κ3) is 6.88. The number of hydrazone groups is 1. The van der Waals surface area contributed by atoms with Crippen molar-refractivity contribution in [2.75, 3.05) is 19.0 Å². The molecule has 0 atom stereocenters. The molecule has 0 aliphatic rings. The molecule has 2 rings (SSSR count). The van der Waals surface area contributed by atoms with Crippen LogP contribution in [0.1, 0.15) is 11.1 Å². The first-order valence-corrected chi connectivity index (χ1v) is 9.50. The Morgan fingerprint density at radius 3 is 2.62 bits per heavy atom. The minimum absolute atomic E-state index is 0.247. The molecule has 0 unspecified atom stereocenters. The van der Waals surface area contributed by atoms with Crippen molar-refractivity contribution in [3.63, 3.8) is 0 Å². The van der Waals surface area contributed by atoms with E-state index in [0.29, 0.717) is 22.0 Å². The molecule has 0 aromatic heterocycles. The fraction of sp³-hybridized carbons (Fsp3) is 0.158. The Balaban J connectivity index is 2.02. The first-order chi connectivity index (χ1) is 13.8. The topological polar surface area (TPSA) is 109 Å². The van der Waals surface area contributed by atoms with Gasteiger partial charge < -0.3 is 15.4 Å². The van der Waals surface area contributed by atoms with E-state index in [1.54, 1.807) is 24.3 Å². The number of halogens is 2. The van der Waals surface area contributed by atoms with E-state index in [-0.39, 0.29) is 12.5 Å². The van der Waals surface area contributed by atoms with Gasteiger partial charge in [0, 0.05) is 27.8 Å². The molecule has 10 heteroatoms. The molecule has 0 saturated heterocycles. The lowest BCUT2D eigenvalue weighted by Crippen LogP contribution is -2.35. The van der Waals surface area contributed by atoms with Crippen molar-refractivity contribution in [3.05, 3.63) is 57.0 Å². The molecule has 0 saturated carbocycles. The van der Waals surface area contributed by atoms with E-state index in [9.17, 15) is 14.4 Å². The standard InChI is InChI=1S/C19H18BrClN4O4/c1-11-7-13(20)3-5-15(11)24-17(26)10-29-16-6-4-14(21)8-12(16)9-23-25-19(28)18(27)22-2/h3-9H,10H2,1-2H3,(H,22,27)(H,24,26)(H,25,28)/b23-9-. The van der Waals surface area contributed by atoms with Gasteiger partial charge in [-0.2, -0.15) is 5.10 Å². The molecule has 0 heterocycles. The van der Waals surface area contributed by atoms with Crippen LogP contribution < -0.4 is 20.8 Å². The molecule has 3 amide bonds. The number of benzene rings is 2. The zero-order valence-electron chi connectivity index (χ0n) is 15.6. The van der Waals surface area contributed by atoms with E-state index in [1.807, 2.05) is 19.1 Å². The number of anilines is 1. The summed E-state index contributed by atoms with van der Waals surface area (Å²) >= 11 is 9.35. The van der Waals surface area contributed by atoms with Gasteiger partial charge >= 0.3 is 11.8 Å². The van der Waals surface area contributed by atoms with Gasteiger partial charge in [0.15, 0.2) is 6.61 Å². The molecule has 0 aliphatic heterocycles. The second-order valence-electron chi connectivity index (χ2n) is 5.76. The maximum Gasteiger partial charge on any atom is 0.329 e. The highest BCUT2D eigenvalue weighted by Gasteiger charge is 2.11. The van der Waals surface area contributed by atoms with Crippen LogP contribution in [-0.2, 0) is 14.4 Å². The quantitative estimate of drug-likeness (QED) is 0.335. The lowest BCUT2D eigenvalue weighted by Gasteiger charge is -2.11. The Labute approximate surface area is 180 Å². The van der Waals surface area contributed by atoms with Gasteiger partial charge in [-0.05, 0) is 48.9 Å². The summed E-state index contributed by atoms with van der Waals surface area (Å²) in [5.74, 6) is -1.77. The molecular weight excluding hydrogens is 464 g/mol. The average molecular weight is 482 g/mol. The van der Waals surface area contributed by atoms with E-state index >= 15 is 0 Å². The van der Waals surface area contributed by atoms with Crippen molar-refractivity contribution in [2.45, 2.75) is 6.92 Å². The number of amides is 3. The van der Waals surface area contributed by atoms with Crippen LogP contribution in [0.5, 0.6) is 5.75 Å². The van der Waals surface area contributed by atoms with Crippen LogP contribution in [0.15, 0.2) is 46.0 Å². The molecule has 0 spiro atoms. The molecule has 2 aromatic carbocycles. The lowest BCUT2D eigenvalue weighted by molar-refractivity contribution is -0.138. The fourth-order valence-corrected chi connectivity index (χ4v) is 2.83. The van der Waals surface area contributed by atoms with Crippen molar-refractivity contribution in [1.29, 1.82) is 0 Å². The molecule has 8 nitrogen and oxygen atoms in total. The van der Waals surface area contributed by atoms with Crippen molar-refractivity contribution in [1.82, 2.24) is 10.7 Å². The van der Waals surface area contributed by atoms with E-state index in [4.69, 9.17) is 16.3 Å². The molecule has 3 N–H and O–H groups in total. The Bertz CT molecular complexity index is 965. The van der Waals surface area contributed by atoms with E-state index in [1.165, 1.54) is 13.3 Å². The Kier molecular flexibility index (Phi) is 8.17. The van der Waals surface area contributed by atoms with Crippen LogP contribution in [0.4, 0.5) is 5.69 Å².